The Labute approximate surface area is 161 Å². The molecule has 1 aliphatic rings. The second kappa shape index (κ2) is 7.58. The molecule has 0 spiro atoms. The van der Waals surface area contributed by atoms with Crippen molar-refractivity contribution < 1.29 is 9.35 Å². The molecule has 2 aromatic carbocycles. The van der Waals surface area contributed by atoms with Gasteiger partial charge in [-0.2, -0.15) is 0 Å². The Morgan fingerprint density at radius 3 is 2.56 bits per heavy atom. The maximum absolute atomic E-state index is 12.9. The van der Waals surface area contributed by atoms with Crippen LogP contribution in [0.3, 0.4) is 0 Å². The zero-order valence-electron chi connectivity index (χ0n) is 14.1. The third-order valence-corrected chi connectivity index (χ3v) is 6.26. The van der Waals surface area contributed by atoms with Gasteiger partial charge in [0, 0.05) is 18.7 Å². The summed E-state index contributed by atoms with van der Waals surface area (Å²) in [5.74, 6) is -0.00354. The second-order valence-corrected chi connectivity index (χ2v) is 8.40. The molecule has 0 fully saturated rings. The minimum atomic E-state index is -1.17. The summed E-state index contributed by atoms with van der Waals surface area (Å²) in [5.41, 5.74) is 3.08. The Bertz CT molecular complexity index is 787. The predicted molar refractivity (Wildman–Crippen MR) is 103 cm³/mol. The van der Waals surface area contributed by atoms with Gasteiger partial charge in [-0.25, -0.2) is 0 Å². The quantitative estimate of drug-likeness (QED) is 0.721. The Morgan fingerprint density at radius 2 is 1.92 bits per heavy atom. The van der Waals surface area contributed by atoms with Crippen molar-refractivity contribution in [1.29, 1.82) is 0 Å². The van der Waals surface area contributed by atoms with Crippen LogP contribution in [0.5, 0.6) is 0 Å². The molecule has 2 atom stereocenters. The molecule has 2 aromatic rings. The average molecular weight is 396 g/mol. The van der Waals surface area contributed by atoms with Gasteiger partial charge in [-0.15, -0.1) is 0 Å². The van der Waals surface area contributed by atoms with Gasteiger partial charge < -0.3 is 9.45 Å². The number of carbonyl (C=O) groups is 1. The number of nitrogens with zero attached hydrogens (tertiary/aromatic N) is 1. The summed E-state index contributed by atoms with van der Waals surface area (Å²) in [6.07, 6.45) is 2.56. The Hall–Kier alpha value is -1.20. The molecule has 25 heavy (non-hydrogen) atoms. The fourth-order valence-electron chi connectivity index (χ4n) is 3.28. The third kappa shape index (κ3) is 3.82. The normalized spacial score (nSPS) is 18.0. The molecular weight excluding hydrogens is 377 g/mol. The van der Waals surface area contributed by atoms with Crippen LogP contribution >= 0.6 is 23.2 Å². The van der Waals surface area contributed by atoms with Crippen molar-refractivity contribution in [3.63, 3.8) is 0 Å². The summed E-state index contributed by atoms with van der Waals surface area (Å²) in [6.45, 7) is 2.73. The van der Waals surface area contributed by atoms with Crippen LogP contribution in [0.25, 0.3) is 0 Å². The molecule has 0 radical (unpaired) electrons. The lowest BCUT2D eigenvalue weighted by atomic mass is 9.93. The number of rotatable bonds is 3. The summed E-state index contributed by atoms with van der Waals surface area (Å²) >= 11 is 11.4. The molecule has 1 amide bonds. The van der Waals surface area contributed by atoms with Crippen LogP contribution in [-0.2, 0) is 28.8 Å². The van der Waals surface area contributed by atoms with E-state index in [1.54, 1.807) is 18.4 Å². The summed E-state index contributed by atoms with van der Waals surface area (Å²) in [6, 6.07) is 11.5. The van der Waals surface area contributed by atoms with Gasteiger partial charge in [-0.1, -0.05) is 47.5 Å². The Morgan fingerprint density at radius 1 is 1.28 bits per heavy atom. The number of benzene rings is 2. The number of carbonyl (C=O) groups excluding carboxylic acids is 1. The topological polar surface area (TPSA) is 43.4 Å². The maximum Gasteiger partial charge on any atom is 0.227 e. The molecule has 0 aromatic heterocycles. The van der Waals surface area contributed by atoms with Crippen LogP contribution in [0.15, 0.2) is 41.3 Å². The van der Waals surface area contributed by atoms with Gasteiger partial charge in [0.05, 0.1) is 22.5 Å². The van der Waals surface area contributed by atoms with Crippen LogP contribution < -0.4 is 0 Å². The fraction of sp³-hybridized carbons (Fsp3) is 0.316. The molecular formula is C19H19Cl2NO2S. The predicted octanol–water partition coefficient (Wildman–Crippen LogP) is 4.42. The van der Waals surface area contributed by atoms with Gasteiger partial charge in [0.1, 0.15) is 6.26 Å². The first-order valence-corrected chi connectivity index (χ1v) is 10.4. The molecule has 3 nitrogen and oxygen atoms in total. The second-order valence-electron chi connectivity index (χ2n) is 6.21. The van der Waals surface area contributed by atoms with E-state index < -0.39 is 11.2 Å². The van der Waals surface area contributed by atoms with E-state index in [4.69, 9.17) is 23.2 Å². The van der Waals surface area contributed by atoms with Crippen LogP contribution in [0, 0.1) is 0 Å². The molecule has 0 saturated heterocycles. The molecule has 0 bridgehead atoms. The molecule has 1 heterocycles. The number of fused-ring (bicyclic) bond motifs is 1. The smallest absolute Gasteiger partial charge is 0.227 e. The highest BCUT2D eigenvalue weighted by atomic mass is 35.5. The molecule has 3 rings (SSSR count). The number of hydrogen-bond donors (Lipinski definition) is 0. The molecule has 6 heteroatoms. The minimum Gasteiger partial charge on any atom is -0.612 e. The molecule has 1 unspecified atom stereocenters. The van der Waals surface area contributed by atoms with Gasteiger partial charge in [-0.3, -0.25) is 4.79 Å². The van der Waals surface area contributed by atoms with E-state index in [0.717, 1.165) is 6.42 Å². The third-order valence-electron chi connectivity index (χ3n) is 4.69. The fourth-order valence-corrected chi connectivity index (χ4v) is 4.60. The number of amides is 1. The van der Waals surface area contributed by atoms with Crippen molar-refractivity contribution in [2.75, 3.05) is 12.8 Å². The molecule has 0 aliphatic carbocycles. The molecule has 132 valence electrons. The van der Waals surface area contributed by atoms with Crippen molar-refractivity contribution in [3.05, 3.63) is 63.1 Å². The average Bonchev–Trinajstić information content (AvgIpc) is 2.58. The number of hydrogen-bond acceptors (Lipinski definition) is 2. The maximum atomic E-state index is 12.9. The highest BCUT2D eigenvalue weighted by Crippen LogP contribution is 2.32. The van der Waals surface area contributed by atoms with Gasteiger partial charge in [-0.05, 0) is 41.2 Å². The van der Waals surface area contributed by atoms with Gasteiger partial charge >= 0.3 is 0 Å². The molecule has 1 aliphatic heterocycles. The molecule has 0 saturated carbocycles. The van der Waals surface area contributed by atoms with Crippen molar-refractivity contribution in [2.24, 2.45) is 0 Å². The van der Waals surface area contributed by atoms with E-state index in [0.29, 0.717) is 27.0 Å². The van der Waals surface area contributed by atoms with Crippen LogP contribution in [0.2, 0.25) is 10.0 Å². The summed E-state index contributed by atoms with van der Waals surface area (Å²) in [4.78, 5) is 15.3. The Balaban J connectivity index is 1.82. The van der Waals surface area contributed by atoms with Crippen LogP contribution in [0.1, 0.15) is 29.7 Å². The van der Waals surface area contributed by atoms with Gasteiger partial charge in [0.2, 0.25) is 5.91 Å². The largest absolute Gasteiger partial charge is 0.612 e. The lowest BCUT2D eigenvalue weighted by molar-refractivity contribution is -0.133. The zero-order valence-corrected chi connectivity index (χ0v) is 16.4. The monoisotopic (exact) mass is 395 g/mol. The van der Waals surface area contributed by atoms with E-state index in [9.17, 15) is 9.35 Å². The van der Waals surface area contributed by atoms with E-state index in [1.165, 1.54) is 11.1 Å². The molecule has 0 N–H and O–H groups in total. The first-order chi connectivity index (χ1) is 11.9. The highest BCUT2D eigenvalue weighted by molar-refractivity contribution is 7.90. The Kier molecular flexibility index (Phi) is 5.64. The van der Waals surface area contributed by atoms with E-state index in [2.05, 4.69) is 12.1 Å². The van der Waals surface area contributed by atoms with Crippen molar-refractivity contribution in [2.45, 2.75) is 30.7 Å². The van der Waals surface area contributed by atoms with E-state index in [1.807, 2.05) is 24.0 Å². The van der Waals surface area contributed by atoms with Crippen LogP contribution in [-0.4, -0.2) is 28.2 Å². The highest BCUT2D eigenvalue weighted by Gasteiger charge is 2.28. The minimum absolute atomic E-state index is 0.00354. The lowest BCUT2D eigenvalue weighted by Gasteiger charge is -2.35. The van der Waals surface area contributed by atoms with E-state index >= 15 is 0 Å². The lowest BCUT2D eigenvalue weighted by Crippen LogP contribution is -2.39. The van der Waals surface area contributed by atoms with Gasteiger partial charge in [0.25, 0.3) is 0 Å². The van der Waals surface area contributed by atoms with E-state index in [-0.39, 0.29) is 18.4 Å². The first-order valence-electron chi connectivity index (χ1n) is 8.07. The first kappa shape index (κ1) is 18.6. The summed E-state index contributed by atoms with van der Waals surface area (Å²) in [7, 11) is 0. The number of halogens is 2. The summed E-state index contributed by atoms with van der Waals surface area (Å²) < 4.78 is 11.6. The van der Waals surface area contributed by atoms with Crippen molar-refractivity contribution >= 4 is 40.3 Å². The van der Waals surface area contributed by atoms with Crippen molar-refractivity contribution in [1.82, 2.24) is 4.90 Å². The standard InChI is InChI=1S/C19H19Cl2NO2S/c1-12-15-6-4-3-5-13(15)7-8-22(12)19(23)11-16-17(20)9-14(25(2)24)10-18(16)21/h3-6,9-10,12H,7-8,11H2,1-2H3/t12-,25?/m0/s1. The van der Waals surface area contributed by atoms with Crippen molar-refractivity contribution in [3.8, 4) is 0 Å². The van der Waals surface area contributed by atoms with Gasteiger partial charge in [0.15, 0.2) is 4.90 Å². The zero-order chi connectivity index (χ0) is 18.1. The SMILES string of the molecule is C[C@H]1c2ccccc2CCN1C(=O)Cc1c(Cl)cc([S+](C)[O-])cc1Cl. The summed E-state index contributed by atoms with van der Waals surface area (Å²) in [5, 5.41) is 0.771. The van der Waals surface area contributed by atoms with Crippen LogP contribution in [0.4, 0.5) is 0 Å².